The van der Waals surface area contributed by atoms with Crippen LogP contribution < -0.4 is 10.8 Å². The molecule has 0 saturated carbocycles. The highest BCUT2D eigenvalue weighted by Crippen LogP contribution is 2.07. The average molecular weight is 164 g/mol. The van der Waals surface area contributed by atoms with Gasteiger partial charge >= 0.3 is 0 Å². The predicted molar refractivity (Wildman–Crippen MR) is 44.2 cm³/mol. The second kappa shape index (κ2) is 3.76. The van der Waals surface area contributed by atoms with Crippen LogP contribution in [0.4, 0.5) is 5.69 Å². The summed E-state index contributed by atoms with van der Waals surface area (Å²) in [6, 6.07) is 7.19. The Labute approximate surface area is 70.8 Å². The summed E-state index contributed by atoms with van der Waals surface area (Å²) in [7, 11) is 0. The van der Waals surface area contributed by atoms with E-state index in [-0.39, 0.29) is 6.42 Å². The van der Waals surface area contributed by atoms with Gasteiger partial charge in [0, 0.05) is 11.7 Å². The largest absolute Gasteiger partial charge is 0.550 e. The van der Waals surface area contributed by atoms with Crippen molar-refractivity contribution in [3.63, 3.8) is 0 Å². The molecule has 3 nitrogen and oxygen atoms in total. The normalized spacial score (nSPS) is 9.67. The number of benzene rings is 1. The van der Waals surface area contributed by atoms with Gasteiger partial charge in [-0.25, -0.2) is 0 Å². The first-order valence-electron chi connectivity index (χ1n) is 3.73. The fourth-order valence-corrected chi connectivity index (χ4v) is 0.995. The Morgan fingerprint density at radius 1 is 1.50 bits per heavy atom. The quantitative estimate of drug-likeness (QED) is 0.637. The van der Waals surface area contributed by atoms with Crippen LogP contribution in [0, 0.1) is 0 Å². The Morgan fingerprint density at radius 3 is 2.83 bits per heavy atom. The number of aliphatic carboxylic acids is 1. The number of carboxylic acids is 1. The predicted octanol–water partition coefficient (Wildman–Crippen LogP) is -0.0487. The van der Waals surface area contributed by atoms with Crippen molar-refractivity contribution in [3.8, 4) is 0 Å². The van der Waals surface area contributed by atoms with E-state index in [2.05, 4.69) is 0 Å². The van der Waals surface area contributed by atoms with Crippen molar-refractivity contribution in [3.05, 3.63) is 29.8 Å². The summed E-state index contributed by atoms with van der Waals surface area (Å²) in [6.45, 7) is 0. The van der Waals surface area contributed by atoms with Gasteiger partial charge in [-0.15, -0.1) is 0 Å². The van der Waals surface area contributed by atoms with Crippen LogP contribution in [-0.4, -0.2) is 5.97 Å². The van der Waals surface area contributed by atoms with E-state index in [9.17, 15) is 9.90 Å². The van der Waals surface area contributed by atoms with Gasteiger partial charge < -0.3 is 15.6 Å². The summed E-state index contributed by atoms with van der Waals surface area (Å²) in [6.07, 6.45) is 0.525. The van der Waals surface area contributed by atoms with Gasteiger partial charge in [0.15, 0.2) is 0 Å². The van der Waals surface area contributed by atoms with Crippen molar-refractivity contribution in [2.75, 3.05) is 5.73 Å². The van der Waals surface area contributed by atoms with Gasteiger partial charge in [-0.3, -0.25) is 0 Å². The molecule has 0 radical (unpaired) electrons. The van der Waals surface area contributed by atoms with Crippen LogP contribution in [0.3, 0.4) is 0 Å². The van der Waals surface area contributed by atoms with E-state index in [1.807, 2.05) is 6.07 Å². The Balaban J connectivity index is 2.57. The van der Waals surface area contributed by atoms with Crippen molar-refractivity contribution < 1.29 is 9.90 Å². The number of rotatable bonds is 3. The molecule has 64 valence electrons. The van der Waals surface area contributed by atoms with Gasteiger partial charge in [-0.1, -0.05) is 12.1 Å². The fourth-order valence-electron chi connectivity index (χ4n) is 0.995. The SMILES string of the molecule is Nc1cccc(CCC(=O)[O-])c1. The van der Waals surface area contributed by atoms with E-state index in [4.69, 9.17) is 5.73 Å². The molecule has 0 saturated heterocycles. The van der Waals surface area contributed by atoms with Crippen molar-refractivity contribution in [2.45, 2.75) is 12.8 Å². The number of carbonyl (C=O) groups is 1. The molecule has 0 unspecified atom stereocenters. The zero-order valence-corrected chi connectivity index (χ0v) is 6.62. The summed E-state index contributed by atoms with van der Waals surface area (Å²) in [4.78, 5) is 10.1. The zero-order valence-electron chi connectivity index (χ0n) is 6.62. The molecule has 0 heterocycles. The first-order valence-corrected chi connectivity index (χ1v) is 3.73. The van der Waals surface area contributed by atoms with Crippen molar-refractivity contribution in [2.24, 2.45) is 0 Å². The Kier molecular flexibility index (Phi) is 2.69. The highest BCUT2D eigenvalue weighted by Gasteiger charge is 1.93. The Bertz CT molecular complexity index is 284. The minimum atomic E-state index is -1.03. The maximum absolute atomic E-state index is 10.1. The molecule has 0 amide bonds. The topological polar surface area (TPSA) is 66.2 Å². The van der Waals surface area contributed by atoms with Gasteiger partial charge in [0.2, 0.25) is 0 Å². The molecule has 1 aromatic rings. The van der Waals surface area contributed by atoms with Crippen LogP contribution in [0.5, 0.6) is 0 Å². The van der Waals surface area contributed by atoms with Crippen molar-refractivity contribution in [1.29, 1.82) is 0 Å². The highest BCUT2D eigenvalue weighted by atomic mass is 16.4. The van der Waals surface area contributed by atoms with E-state index in [0.717, 1.165) is 5.56 Å². The highest BCUT2D eigenvalue weighted by molar-refractivity contribution is 5.64. The molecule has 2 N–H and O–H groups in total. The number of aryl methyl sites for hydroxylation is 1. The molecule has 0 spiro atoms. The maximum Gasteiger partial charge on any atom is 0.0417 e. The molecule has 1 aromatic carbocycles. The van der Waals surface area contributed by atoms with Crippen LogP contribution in [0.2, 0.25) is 0 Å². The van der Waals surface area contributed by atoms with Crippen LogP contribution in [-0.2, 0) is 11.2 Å². The molecule has 1 rings (SSSR count). The molecule has 0 atom stereocenters. The fraction of sp³-hybridized carbons (Fsp3) is 0.222. The molecule has 0 aliphatic rings. The summed E-state index contributed by atoms with van der Waals surface area (Å²) in [5, 5.41) is 10.1. The van der Waals surface area contributed by atoms with E-state index in [0.29, 0.717) is 12.1 Å². The minimum absolute atomic E-state index is 0.0451. The number of hydrogen-bond donors (Lipinski definition) is 1. The second-order valence-corrected chi connectivity index (χ2v) is 2.62. The first-order chi connectivity index (χ1) is 5.68. The number of anilines is 1. The van der Waals surface area contributed by atoms with Gasteiger partial charge in [0.1, 0.15) is 0 Å². The third-order valence-corrected chi connectivity index (χ3v) is 1.57. The molecular formula is C9H10NO2-. The lowest BCUT2D eigenvalue weighted by Gasteiger charge is -2.02. The van der Waals surface area contributed by atoms with Gasteiger partial charge in [0.05, 0.1) is 0 Å². The molecular weight excluding hydrogens is 154 g/mol. The van der Waals surface area contributed by atoms with Crippen molar-refractivity contribution >= 4 is 11.7 Å². The Hall–Kier alpha value is -1.51. The standard InChI is InChI=1S/C9H11NO2/c10-8-3-1-2-7(6-8)4-5-9(11)12/h1-3,6H,4-5,10H2,(H,11,12)/p-1. The van der Waals surface area contributed by atoms with Gasteiger partial charge in [0.25, 0.3) is 0 Å². The summed E-state index contributed by atoms with van der Waals surface area (Å²) < 4.78 is 0. The molecule has 0 bridgehead atoms. The summed E-state index contributed by atoms with van der Waals surface area (Å²) >= 11 is 0. The minimum Gasteiger partial charge on any atom is -0.550 e. The van der Waals surface area contributed by atoms with Crippen LogP contribution >= 0.6 is 0 Å². The van der Waals surface area contributed by atoms with Gasteiger partial charge in [-0.2, -0.15) is 0 Å². The van der Waals surface area contributed by atoms with Crippen molar-refractivity contribution in [1.82, 2.24) is 0 Å². The molecule has 0 fully saturated rings. The number of nitrogen functional groups attached to an aromatic ring is 1. The summed E-state index contributed by atoms with van der Waals surface area (Å²) in [5.41, 5.74) is 7.09. The van der Waals surface area contributed by atoms with Crippen LogP contribution in [0.25, 0.3) is 0 Å². The zero-order chi connectivity index (χ0) is 8.97. The number of hydrogen-bond acceptors (Lipinski definition) is 3. The van der Waals surface area contributed by atoms with E-state index in [1.54, 1.807) is 18.2 Å². The van der Waals surface area contributed by atoms with E-state index >= 15 is 0 Å². The Morgan fingerprint density at radius 2 is 2.25 bits per heavy atom. The average Bonchev–Trinajstić information content (AvgIpc) is 2.01. The molecule has 12 heavy (non-hydrogen) atoms. The van der Waals surface area contributed by atoms with Crippen LogP contribution in [0.1, 0.15) is 12.0 Å². The van der Waals surface area contributed by atoms with E-state index < -0.39 is 5.97 Å². The third kappa shape index (κ3) is 2.62. The number of carboxylic acid groups (broad SMARTS) is 1. The molecule has 0 aromatic heterocycles. The summed E-state index contributed by atoms with van der Waals surface area (Å²) in [5.74, 6) is -1.03. The smallest absolute Gasteiger partial charge is 0.0417 e. The third-order valence-electron chi connectivity index (χ3n) is 1.57. The maximum atomic E-state index is 10.1. The lowest BCUT2D eigenvalue weighted by Crippen LogP contribution is -2.22. The second-order valence-electron chi connectivity index (χ2n) is 2.62. The number of carbonyl (C=O) groups excluding carboxylic acids is 1. The lowest BCUT2D eigenvalue weighted by molar-refractivity contribution is -0.305. The first kappa shape index (κ1) is 8.59. The van der Waals surface area contributed by atoms with Gasteiger partial charge in [-0.05, 0) is 30.5 Å². The number of nitrogens with two attached hydrogens (primary N) is 1. The molecule has 0 aliphatic carbocycles. The monoisotopic (exact) mass is 164 g/mol. The molecule has 3 heteroatoms. The molecule has 0 aliphatic heterocycles. The van der Waals surface area contributed by atoms with Crippen LogP contribution in [0.15, 0.2) is 24.3 Å². The lowest BCUT2D eigenvalue weighted by atomic mass is 10.1. The van der Waals surface area contributed by atoms with E-state index in [1.165, 1.54) is 0 Å².